The Hall–Kier alpha value is -2.55. The van der Waals surface area contributed by atoms with Crippen molar-refractivity contribution >= 4 is 28.5 Å². The van der Waals surface area contributed by atoms with Gasteiger partial charge in [0.15, 0.2) is 5.17 Å². The van der Waals surface area contributed by atoms with Crippen LogP contribution in [0.25, 0.3) is 0 Å². The van der Waals surface area contributed by atoms with E-state index in [1.165, 1.54) is 42.4 Å². The third kappa shape index (κ3) is 3.34. The highest BCUT2D eigenvalue weighted by molar-refractivity contribution is 8.13. The number of nitrogens with zero attached hydrogens (tertiary/aromatic N) is 3. The maximum atomic E-state index is 14.8. The summed E-state index contributed by atoms with van der Waals surface area (Å²) in [5.41, 5.74) is 6.34. The molecular weight excluding hydrogens is 384 g/mol. The molecule has 3 N–H and O–H groups in total. The van der Waals surface area contributed by atoms with E-state index < -0.39 is 23.4 Å². The first kappa shape index (κ1) is 18.8. The molecule has 1 amide bonds. The second-order valence-electron chi connectivity index (χ2n) is 7.11. The summed E-state index contributed by atoms with van der Waals surface area (Å²) in [6.07, 6.45) is 2.19. The van der Waals surface area contributed by atoms with Gasteiger partial charge in [0.05, 0.1) is 17.4 Å². The molecule has 3 atom stereocenters. The standard InChI is InChI=1S/C19H19F2N5OS/c1-10-7-24-16(8-23-10)17(27)25-13-2-3-15(21)14(5-13)19-6-12(20)4-11(19)9-28-18(22)26-19/h2-3,5,7-8,11-12H,4,6,9H2,1H3,(H2,22,26)(H,25,27)/t11-,12-,19-/m0/s1. The first-order valence-electron chi connectivity index (χ1n) is 8.89. The van der Waals surface area contributed by atoms with Gasteiger partial charge in [0.25, 0.3) is 5.91 Å². The summed E-state index contributed by atoms with van der Waals surface area (Å²) in [4.78, 5) is 25.0. The van der Waals surface area contributed by atoms with Crippen molar-refractivity contribution in [3.63, 3.8) is 0 Å². The second kappa shape index (κ2) is 7.12. The smallest absolute Gasteiger partial charge is 0.275 e. The van der Waals surface area contributed by atoms with Crippen LogP contribution in [-0.2, 0) is 5.54 Å². The van der Waals surface area contributed by atoms with E-state index >= 15 is 0 Å². The van der Waals surface area contributed by atoms with E-state index in [0.717, 1.165) is 0 Å². The van der Waals surface area contributed by atoms with Gasteiger partial charge in [0.2, 0.25) is 0 Å². The zero-order chi connectivity index (χ0) is 19.9. The van der Waals surface area contributed by atoms with Crippen molar-refractivity contribution in [3.8, 4) is 0 Å². The predicted molar refractivity (Wildman–Crippen MR) is 105 cm³/mol. The van der Waals surface area contributed by atoms with Crippen molar-refractivity contribution in [2.45, 2.75) is 31.5 Å². The Morgan fingerprint density at radius 3 is 2.93 bits per heavy atom. The number of rotatable bonds is 3. The summed E-state index contributed by atoms with van der Waals surface area (Å²) in [7, 11) is 0. The fraction of sp³-hybridized carbons (Fsp3) is 0.368. The Balaban J connectivity index is 1.68. The van der Waals surface area contributed by atoms with Crippen LogP contribution in [0.1, 0.15) is 34.6 Å². The highest BCUT2D eigenvalue weighted by Crippen LogP contribution is 2.52. The number of aryl methyl sites for hydroxylation is 1. The fourth-order valence-corrected chi connectivity index (χ4v) is 4.89. The van der Waals surface area contributed by atoms with Crippen LogP contribution in [0.3, 0.4) is 0 Å². The van der Waals surface area contributed by atoms with Crippen molar-refractivity contribution < 1.29 is 13.6 Å². The minimum atomic E-state index is -1.07. The number of thioether (sulfide) groups is 1. The van der Waals surface area contributed by atoms with E-state index in [-0.39, 0.29) is 23.6 Å². The average molecular weight is 403 g/mol. The van der Waals surface area contributed by atoms with Gasteiger partial charge in [-0.15, -0.1) is 0 Å². The van der Waals surface area contributed by atoms with Crippen LogP contribution < -0.4 is 11.1 Å². The van der Waals surface area contributed by atoms with Gasteiger partial charge in [-0.05, 0) is 31.5 Å². The number of nitrogens with two attached hydrogens (primary N) is 1. The first-order chi connectivity index (χ1) is 13.4. The molecule has 9 heteroatoms. The topological polar surface area (TPSA) is 93.3 Å². The molecule has 6 nitrogen and oxygen atoms in total. The number of alkyl halides is 1. The molecule has 0 radical (unpaired) electrons. The van der Waals surface area contributed by atoms with Gasteiger partial charge < -0.3 is 11.1 Å². The Bertz CT molecular complexity index is 952. The number of amidine groups is 1. The third-order valence-electron chi connectivity index (χ3n) is 5.19. The largest absolute Gasteiger partial charge is 0.379 e. The number of aliphatic imine (C=N–C) groups is 1. The number of hydrogen-bond donors (Lipinski definition) is 2. The molecule has 28 heavy (non-hydrogen) atoms. The number of amides is 1. The Labute approximate surface area is 165 Å². The van der Waals surface area contributed by atoms with Gasteiger partial charge in [0, 0.05) is 35.5 Å². The van der Waals surface area contributed by atoms with E-state index in [9.17, 15) is 13.6 Å². The molecule has 2 aliphatic rings. The van der Waals surface area contributed by atoms with Crippen LogP contribution in [0.4, 0.5) is 14.5 Å². The number of carbonyl (C=O) groups excluding carboxylic acids is 1. The van der Waals surface area contributed by atoms with Gasteiger partial charge >= 0.3 is 0 Å². The van der Waals surface area contributed by atoms with Crippen LogP contribution in [-0.4, -0.2) is 33.0 Å². The Morgan fingerprint density at radius 2 is 2.18 bits per heavy atom. The summed E-state index contributed by atoms with van der Waals surface area (Å²) >= 11 is 1.36. The summed E-state index contributed by atoms with van der Waals surface area (Å²) in [6, 6.07) is 4.24. The highest BCUT2D eigenvalue weighted by Gasteiger charge is 2.52. The van der Waals surface area contributed by atoms with Crippen LogP contribution >= 0.6 is 11.8 Å². The van der Waals surface area contributed by atoms with E-state index in [0.29, 0.717) is 28.7 Å². The maximum absolute atomic E-state index is 14.8. The molecule has 1 aromatic heterocycles. The molecule has 0 unspecified atom stereocenters. The first-order valence-corrected chi connectivity index (χ1v) is 9.88. The number of carbonyl (C=O) groups is 1. The number of aromatic nitrogens is 2. The number of anilines is 1. The lowest BCUT2D eigenvalue weighted by molar-refractivity contribution is 0.102. The van der Waals surface area contributed by atoms with Gasteiger partial charge in [-0.25, -0.2) is 13.8 Å². The molecule has 1 saturated carbocycles. The molecule has 0 spiro atoms. The zero-order valence-corrected chi connectivity index (χ0v) is 16.0. The van der Waals surface area contributed by atoms with Crippen LogP contribution in [0, 0.1) is 18.7 Å². The zero-order valence-electron chi connectivity index (χ0n) is 15.2. The predicted octanol–water partition coefficient (Wildman–Crippen LogP) is 3.18. The Morgan fingerprint density at radius 1 is 1.36 bits per heavy atom. The molecule has 4 rings (SSSR count). The summed E-state index contributed by atoms with van der Waals surface area (Å²) in [6.45, 7) is 1.77. The minimum absolute atomic E-state index is 0.0800. The van der Waals surface area contributed by atoms with Crippen molar-refractivity contribution in [1.82, 2.24) is 9.97 Å². The monoisotopic (exact) mass is 403 g/mol. The summed E-state index contributed by atoms with van der Waals surface area (Å²) in [5.74, 6) is -0.514. The van der Waals surface area contributed by atoms with E-state index in [4.69, 9.17) is 5.73 Å². The number of fused-ring (bicyclic) bond motifs is 1. The molecule has 2 aromatic rings. The van der Waals surface area contributed by atoms with Crippen molar-refractivity contribution in [2.75, 3.05) is 11.1 Å². The molecule has 1 aromatic carbocycles. The van der Waals surface area contributed by atoms with E-state index in [1.54, 1.807) is 6.92 Å². The number of halogens is 2. The highest BCUT2D eigenvalue weighted by atomic mass is 32.2. The normalized spacial score (nSPS) is 26.5. The van der Waals surface area contributed by atoms with Crippen LogP contribution in [0.5, 0.6) is 0 Å². The second-order valence-corrected chi connectivity index (χ2v) is 8.15. The maximum Gasteiger partial charge on any atom is 0.275 e. The lowest BCUT2D eigenvalue weighted by Gasteiger charge is -2.35. The summed E-state index contributed by atoms with van der Waals surface area (Å²) < 4.78 is 29.0. The lowest BCUT2D eigenvalue weighted by atomic mass is 9.81. The third-order valence-corrected chi connectivity index (χ3v) is 6.15. The van der Waals surface area contributed by atoms with Crippen molar-refractivity contribution in [3.05, 3.63) is 53.4 Å². The number of hydrogen-bond acceptors (Lipinski definition) is 6. The molecular formula is C19H19F2N5OS. The molecule has 2 heterocycles. The minimum Gasteiger partial charge on any atom is -0.379 e. The van der Waals surface area contributed by atoms with Gasteiger partial charge in [-0.3, -0.25) is 14.8 Å². The Kier molecular flexibility index (Phi) is 4.78. The lowest BCUT2D eigenvalue weighted by Crippen LogP contribution is -2.37. The van der Waals surface area contributed by atoms with Gasteiger partial charge in [-0.2, -0.15) is 0 Å². The molecule has 1 aliphatic carbocycles. The molecule has 1 fully saturated rings. The van der Waals surface area contributed by atoms with E-state index in [1.807, 2.05) is 0 Å². The van der Waals surface area contributed by atoms with Crippen molar-refractivity contribution in [1.29, 1.82) is 0 Å². The van der Waals surface area contributed by atoms with Crippen LogP contribution in [0.15, 0.2) is 35.6 Å². The molecule has 0 saturated heterocycles. The van der Waals surface area contributed by atoms with Gasteiger partial charge in [-0.1, -0.05) is 11.8 Å². The number of benzene rings is 1. The van der Waals surface area contributed by atoms with Crippen molar-refractivity contribution in [2.24, 2.45) is 16.6 Å². The van der Waals surface area contributed by atoms with Crippen LogP contribution in [0.2, 0.25) is 0 Å². The molecule has 0 bridgehead atoms. The van der Waals surface area contributed by atoms with Gasteiger partial charge in [0.1, 0.15) is 17.7 Å². The number of nitrogens with one attached hydrogen (secondary N) is 1. The van der Waals surface area contributed by atoms with E-state index in [2.05, 4.69) is 20.3 Å². The molecule has 146 valence electrons. The SMILES string of the molecule is Cc1cnc(C(=O)Nc2ccc(F)c([C@]34C[C@@H](F)C[C@H]3CSC(N)=N4)c2)cn1. The fourth-order valence-electron chi connectivity index (χ4n) is 3.88. The quantitative estimate of drug-likeness (QED) is 0.821. The summed E-state index contributed by atoms with van der Waals surface area (Å²) in [5, 5.41) is 3.02. The average Bonchev–Trinajstić information content (AvgIpc) is 2.99. The molecule has 1 aliphatic heterocycles.